The van der Waals surface area contributed by atoms with Crippen LogP contribution in [-0.4, -0.2) is 43.6 Å². The van der Waals surface area contributed by atoms with Gasteiger partial charge in [0.15, 0.2) is 0 Å². The van der Waals surface area contributed by atoms with Crippen molar-refractivity contribution in [3.63, 3.8) is 0 Å². The van der Waals surface area contributed by atoms with E-state index >= 15 is 0 Å². The molecule has 1 saturated heterocycles. The fourth-order valence-electron chi connectivity index (χ4n) is 2.86. The normalized spacial score (nSPS) is 20.3. The van der Waals surface area contributed by atoms with E-state index in [0.29, 0.717) is 24.7 Å². The SMILES string of the molecule is CCC1(CC)CN(c2ncc([N+](=O)[O-])cc2C(N)=O)CCS1=O. The average Bonchev–Trinajstić information content (AvgIpc) is 2.55. The molecule has 1 unspecified atom stereocenters. The van der Waals surface area contributed by atoms with Crippen molar-refractivity contribution < 1.29 is 13.9 Å². The molecule has 0 bridgehead atoms. The Kier molecular flexibility index (Phi) is 4.98. The smallest absolute Gasteiger partial charge is 0.288 e. The average molecular weight is 340 g/mol. The van der Waals surface area contributed by atoms with Gasteiger partial charge in [-0.3, -0.25) is 19.1 Å². The number of pyridine rings is 1. The maximum atomic E-state index is 12.4. The maximum absolute atomic E-state index is 12.4. The Bertz CT molecular complexity index is 660. The van der Waals surface area contributed by atoms with Gasteiger partial charge in [-0.2, -0.15) is 0 Å². The molecule has 1 amide bonds. The molecule has 1 aliphatic rings. The molecule has 9 heteroatoms. The summed E-state index contributed by atoms with van der Waals surface area (Å²) in [6.07, 6.45) is 2.60. The highest BCUT2D eigenvalue weighted by atomic mass is 32.2. The monoisotopic (exact) mass is 340 g/mol. The van der Waals surface area contributed by atoms with E-state index in [1.54, 1.807) is 0 Å². The van der Waals surface area contributed by atoms with E-state index in [4.69, 9.17) is 5.73 Å². The summed E-state index contributed by atoms with van der Waals surface area (Å²) in [5, 5.41) is 10.9. The molecular weight excluding hydrogens is 320 g/mol. The van der Waals surface area contributed by atoms with Crippen LogP contribution in [0.4, 0.5) is 11.5 Å². The summed E-state index contributed by atoms with van der Waals surface area (Å²) in [6, 6.07) is 1.15. The van der Waals surface area contributed by atoms with Gasteiger partial charge >= 0.3 is 0 Å². The molecule has 0 saturated carbocycles. The Morgan fingerprint density at radius 2 is 2.17 bits per heavy atom. The van der Waals surface area contributed by atoms with Crippen molar-refractivity contribution in [1.29, 1.82) is 0 Å². The molecule has 2 rings (SSSR count). The van der Waals surface area contributed by atoms with Crippen molar-refractivity contribution >= 4 is 28.2 Å². The third-order valence-electron chi connectivity index (χ3n) is 4.43. The van der Waals surface area contributed by atoms with Crippen LogP contribution in [0.2, 0.25) is 0 Å². The largest absolute Gasteiger partial charge is 0.365 e. The highest BCUT2D eigenvalue weighted by Gasteiger charge is 2.40. The maximum Gasteiger partial charge on any atom is 0.288 e. The highest BCUT2D eigenvalue weighted by molar-refractivity contribution is 7.86. The number of hydrogen-bond donors (Lipinski definition) is 1. The summed E-state index contributed by atoms with van der Waals surface area (Å²) in [4.78, 5) is 27.9. The van der Waals surface area contributed by atoms with E-state index in [2.05, 4.69) is 4.98 Å². The summed E-state index contributed by atoms with van der Waals surface area (Å²) in [5.74, 6) is 0.0333. The van der Waals surface area contributed by atoms with E-state index in [1.807, 2.05) is 18.7 Å². The van der Waals surface area contributed by atoms with Gasteiger partial charge in [0.05, 0.1) is 15.2 Å². The quantitative estimate of drug-likeness (QED) is 0.635. The molecule has 0 aromatic carbocycles. The van der Waals surface area contributed by atoms with Crippen molar-refractivity contribution in [2.75, 3.05) is 23.7 Å². The molecule has 0 radical (unpaired) electrons. The number of carbonyl (C=O) groups excluding carboxylic acids is 1. The lowest BCUT2D eigenvalue weighted by molar-refractivity contribution is -0.385. The molecule has 1 atom stereocenters. The van der Waals surface area contributed by atoms with Crippen LogP contribution >= 0.6 is 0 Å². The topological polar surface area (TPSA) is 119 Å². The van der Waals surface area contributed by atoms with E-state index in [-0.39, 0.29) is 16.0 Å². The zero-order chi connectivity index (χ0) is 17.2. The van der Waals surface area contributed by atoms with Gasteiger partial charge < -0.3 is 10.6 Å². The molecular formula is C14H20N4O4S. The van der Waals surface area contributed by atoms with Gasteiger partial charge in [0.2, 0.25) is 0 Å². The third kappa shape index (κ3) is 3.19. The lowest BCUT2D eigenvalue weighted by Gasteiger charge is -2.42. The molecule has 126 valence electrons. The van der Waals surface area contributed by atoms with E-state index in [0.717, 1.165) is 25.1 Å². The zero-order valence-corrected chi connectivity index (χ0v) is 14.0. The third-order valence-corrected chi connectivity index (χ3v) is 6.65. The number of nitro groups is 1. The second-order valence-electron chi connectivity index (χ2n) is 5.55. The van der Waals surface area contributed by atoms with Crippen molar-refractivity contribution in [2.24, 2.45) is 5.73 Å². The summed E-state index contributed by atoms with van der Waals surface area (Å²) in [6.45, 7) is 4.93. The number of hydrogen-bond acceptors (Lipinski definition) is 6. The number of rotatable bonds is 5. The van der Waals surface area contributed by atoms with Gasteiger partial charge in [-0.15, -0.1) is 0 Å². The zero-order valence-electron chi connectivity index (χ0n) is 13.2. The van der Waals surface area contributed by atoms with Gasteiger partial charge in [0.25, 0.3) is 11.6 Å². The molecule has 0 spiro atoms. The minimum absolute atomic E-state index is 0.0213. The lowest BCUT2D eigenvalue weighted by atomic mass is 10.0. The van der Waals surface area contributed by atoms with Gasteiger partial charge in [-0.25, -0.2) is 4.98 Å². The van der Waals surface area contributed by atoms with Crippen LogP contribution in [0.1, 0.15) is 37.0 Å². The molecule has 1 aromatic rings. The lowest BCUT2D eigenvalue weighted by Crippen LogP contribution is -2.53. The van der Waals surface area contributed by atoms with E-state index in [1.165, 1.54) is 0 Å². The van der Waals surface area contributed by atoms with Crippen LogP contribution in [0.3, 0.4) is 0 Å². The molecule has 0 aliphatic carbocycles. The van der Waals surface area contributed by atoms with Crippen LogP contribution in [0.25, 0.3) is 0 Å². The number of amides is 1. The fraction of sp³-hybridized carbons (Fsp3) is 0.571. The Hall–Kier alpha value is -2.03. The first-order valence-corrected chi connectivity index (χ1v) is 8.74. The van der Waals surface area contributed by atoms with Crippen molar-refractivity contribution in [3.8, 4) is 0 Å². The molecule has 8 nitrogen and oxygen atoms in total. The second-order valence-corrected chi connectivity index (χ2v) is 7.51. The number of nitrogens with zero attached hydrogens (tertiary/aromatic N) is 3. The van der Waals surface area contributed by atoms with Gasteiger partial charge in [-0.1, -0.05) is 13.8 Å². The first-order valence-electron chi connectivity index (χ1n) is 7.42. The molecule has 2 N–H and O–H groups in total. The molecule has 23 heavy (non-hydrogen) atoms. The molecule has 1 aliphatic heterocycles. The Labute approximate surface area is 136 Å². The van der Waals surface area contributed by atoms with Crippen LogP contribution in [-0.2, 0) is 10.8 Å². The standard InChI is InChI=1S/C14H20N4O4S/c1-3-14(4-2)9-17(5-6-23(14)22)13-11(12(15)19)7-10(8-16-13)18(20)21/h7-8H,3-6,9H2,1-2H3,(H2,15,19). The van der Waals surface area contributed by atoms with E-state index < -0.39 is 21.6 Å². The van der Waals surface area contributed by atoms with Crippen LogP contribution in [0.15, 0.2) is 12.3 Å². The molecule has 1 aromatic heterocycles. The summed E-state index contributed by atoms with van der Waals surface area (Å²) < 4.78 is 12.0. The summed E-state index contributed by atoms with van der Waals surface area (Å²) >= 11 is 0. The molecule has 2 heterocycles. The van der Waals surface area contributed by atoms with Crippen LogP contribution in [0.5, 0.6) is 0 Å². The number of carbonyl (C=O) groups is 1. The number of anilines is 1. The van der Waals surface area contributed by atoms with Gasteiger partial charge in [-0.05, 0) is 12.8 Å². The summed E-state index contributed by atoms with van der Waals surface area (Å²) in [7, 11) is -0.954. The van der Waals surface area contributed by atoms with Gasteiger partial charge in [0.1, 0.15) is 12.0 Å². The van der Waals surface area contributed by atoms with Crippen molar-refractivity contribution in [2.45, 2.75) is 31.4 Å². The summed E-state index contributed by atoms with van der Waals surface area (Å²) in [5.41, 5.74) is 5.11. The first kappa shape index (κ1) is 17.3. The number of aromatic nitrogens is 1. The molecule has 1 fully saturated rings. The highest BCUT2D eigenvalue weighted by Crippen LogP contribution is 2.32. The first-order chi connectivity index (χ1) is 10.8. The van der Waals surface area contributed by atoms with E-state index in [9.17, 15) is 19.1 Å². The van der Waals surface area contributed by atoms with Crippen molar-refractivity contribution in [3.05, 3.63) is 27.9 Å². The Balaban J connectivity index is 2.43. The number of primary amides is 1. The Morgan fingerprint density at radius 1 is 1.52 bits per heavy atom. The second kappa shape index (κ2) is 6.61. The minimum Gasteiger partial charge on any atom is -0.365 e. The van der Waals surface area contributed by atoms with Crippen molar-refractivity contribution in [1.82, 2.24) is 4.98 Å². The predicted molar refractivity (Wildman–Crippen MR) is 87.9 cm³/mol. The van der Waals surface area contributed by atoms with Crippen LogP contribution < -0.4 is 10.6 Å². The minimum atomic E-state index is -0.954. The Morgan fingerprint density at radius 3 is 2.70 bits per heavy atom. The van der Waals surface area contributed by atoms with Crippen LogP contribution in [0, 0.1) is 10.1 Å². The number of nitrogens with two attached hydrogens (primary N) is 1. The van der Waals surface area contributed by atoms with Gasteiger partial charge in [0, 0.05) is 35.7 Å². The fourth-order valence-corrected chi connectivity index (χ4v) is 4.63. The predicted octanol–water partition coefficient (Wildman–Crippen LogP) is 1.22.